The quantitative estimate of drug-likeness (QED) is 0.228. The number of benzene rings is 3. The maximum atomic E-state index is 13.4. The number of nitrogens with zero attached hydrogens (tertiary/aromatic N) is 4. The Morgan fingerprint density at radius 3 is 2.50 bits per heavy atom. The van der Waals surface area contributed by atoms with E-state index in [0.717, 1.165) is 40.7 Å². The van der Waals surface area contributed by atoms with Gasteiger partial charge in [-0.2, -0.15) is 0 Å². The molecule has 7 nitrogen and oxygen atoms in total. The molecule has 2 aromatic heterocycles. The van der Waals surface area contributed by atoms with E-state index < -0.39 is 0 Å². The number of carbonyl (C=O) groups excluding carboxylic acids is 2. The fraction of sp³-hybridized carbons (Fsp3) is 0.242. The smallest absolute Gasteiger partial charge is 0.410 e. The SMILES string of the molecule is Cc1ncc(Cn2ccc(C(=O)c3cccc4ccccc34)c2)n1C1CCN(C(=O)OCc2ccccc2)CC1. The molecule has 0 spiro atoms. The lowest BCUT2D eigenvalue weighted by atomic mass is 9.99. The van der Waals surface area contributed by atoms with Crippen molar-refractivity contribution in [2.75, 3.05) is 13.1 Å². The van der Waals surface area contributed by atoms with Gasteiger partial charge in [0.15, 0.2) is 5.78 Å². The van der Waals surface area contributed by atoms with Crippen molar-refractivity contribution in [3.63, 3.8) is 0 Å². The number of aromatic nitrogens is 3. The number of ether oxygens (including phenoxy) is 1. The highest BCUT2D eigenvalue weighted by Gasteiger charge is 2.27. The minimum atomic E-state index is -0.263. The van der Waals surface area contributed by atoms with Gasteiger partial charge >= 0.3 is 6.09 Å². The molecule has 5 aromatic rings. The summed E-state index contributed by atoms with van der Waals surface area (Å²) in [6.45, 7) is 4.20. The number of amides is 1. The third kappa shape index (κ3) is 5.27. The number of likely N-dealkylation sites (tertiary alicyclic amines) is 1. The van der Waals surface area contributed by atoms with Gasteiger partial charge in [-0.1, -0.05) is 72.8 Å². The molecule has 7 heteroatoms. The number of hydrogen-bond acceptors (Lipinski definition) is 4. The van der Waals surface area contributed by atoms with Crippen LogP contribution in [0, 0.1) is 6.92 Å². The van der Waals surface area contributed by atoms with E-state index in [1.165, 1.54) is 0 Å². The largest absolute Gasteiger partial charge is 0.445 e. The van der Waals surface area contributed by atoms with Crippen molar-refractivity contribution in [3.8, 4) is 0 Å². The van der Waals surface area contributed by atoms with E-state index in [1.807, 2.05) is 109 Å². The van der Waals surface area contributed by atoms with Crippen LogP contribution < -0.4 is 0 Å². The standard InChI is InChI=1S/C33H32N4O3/c1-24-34-20-29(37(24)28-15-18-36(19-16-28)33(39)40-23-25-8-3-2-4-9-25)22-35-17-14-27(21-35)32(38)31-13-7-11-26-10-5-6-12-30(26)31/h2-14,17,20-21,28H,15-16,18-19,22-23H2,1H3. The van der Waals surface area contributed by atoms with E-state index in [-0.39, 0.29) is 24.5 Å². The van der Waals surface area contributed by atoms with Crippen LogP contribution in [-0.4, -0.2) is 44.0 Å². The van der Waals surface area contributed by atoms with Crippen LogP contribution >= 0.6 is 0 Å². The van der Waals surface area contributed by atoms with Crippen LogP contribution in [0.3, 0.4) is 0 Å². The molecule has 6 rings (SSSR count). The first-order valence-corrected chi connectivity index (χ1v) is 13.7. The molecule has 1 aliphatic heterocycles. The number of carbonyl (C=O) groups is 2. The van der Waals surface area contributed by atoms with Crippen molar-refractivity contribution in [3.05, 3.63) is 126 Å². The van der Waals surface area contributed by atoms with E-state index in [1.54, 1.807) is 4.90 Å². The summed E-state index contributed by atoms with van der Waals surface area (Å²) < 4.78 is 9.87. The predicted octanol–water partition coefficient (Wildman–Crippen LogP) is 6.40. The molecule has 0 bridgehead atoms. The first-order chi connectivity index (χ1) is 19.6. The zero-order valence-corrected chi connectivity index (χ0v) is 22.6. The summed E-state index contributed by atoms with van der Waals surface area (Å²) in [5.41, 5.74) is 3.45. The summed E-state index contributed by atoms with van der Waals surface area (Å²) in [5.74, 6) is 0.978. The van der Waals surface area contributed by atoms with Crippen molar-refractivity contribution < 1.29 is 14.3 Å². The third-order valence-electron chi connectivity index (χ3n) is 7.74. The molecule has 1 amide bonds. The average Bonchev–Trinajstić information content (AvgIpc) is 3.62. The minimum absolute atomic E-state index is 0.0201. The Morgan fingerprint density at radius 1 is 0.925 bits per heavy atom. The molecule has 1 fully saturated rings. The Hall–Kier alpha value is -4.65. The number of imidazole rings is 1. The fourth-order valence-electron chi connectivity index (χ4n) is 5.67. The molecule has 0 N–H and O–H groups in total. The fourth-order valence-corrected chi connectivity index (χ4v) is 5.67. The topological polar surface area (TPSA) is 69.4 Å². The van der Waals surface area contributed by atoms with Gasteiger partial charge in [-0.3, -0.25) is 4.79 Å². The van der Waals surface area contributed by atoms with Gasteiger partial charge in [-0.15, -0.1) is 0 Å². The lowest BCUT2D eigenvalue weighted by molar-refractivity contribution is 0.0827. The number of rotatable bonds is 7. The van der Waals surface area contributed by atoms with E-state index in [4.69, 9.17) is 4.74 Å². The van der Waals surface area contributed by atoms with Crippen LogP contribution in [0.2, 0.25) is 0 Å². The Kier molecular flexibility index (Phi) is 7.19. The maximum Gasteiger partial charge on any atom is 0.410 e. The normalized spacial score (nSPS) is 14.0. The number of aryl methyl sites for hydroxylation is 1. The zero-order chi connectivity index (χ0) is 27.5. The molecule has 40 heavy (non-hydrogen) atoms. The van der Waals surface area contributed by atoms with Crippen molar-refractivity contribution in [1.82, 2.24) is 19.0 Å². The lowest BCUT2D eigenvalue weighted by Gasteiger charge is -2.33. The van der Waals surface area contributed by atoms with Gasteiger partial charge in [0.1, 0.15) is 12.4 Å². The van der Waals surface area contributed by atoms with E-state index in [9.17, 15) is 9.59 Å². The van der Waals surface area contributed by atoms with Gasteiger partial charge < -0.3 is 18.8 Å². The summed E-state index contributed by atoms with van der Waals surface area (Å²) in [4.78, 5) is 32.4. The molecule has 0 aliphatic carbocycles. The van der Waals surface area contributed by atoms with Gasteiger partial charge in [-0.25, -0.2) is 9.78 Å². The van der Waals surface area contributed by atoms with Gasteiger partial charge in [0, 0.05) is 42.7 Å². The molecule has 0 radical (unpaired) electrons. The van der Waals surface area contributed by atoms with Crippen LogP contribution in [0.4, 0.5) is 4.79 Å². The van der Waals surface area contributed by atoms with Gasteiger partial charge in [0.25, 0.3) is 0 Å². The van der Waals surface area contributed by atoms with E-state index in [0.29, 0.717) is 30.8 Å². The molecule has 0 atom stereocenters. The molecular formula is C33H32N4O3. The van der Waals surface area contributed by atoms with Crippen LogP contribution in [0.1, 0.15) is 51.9 Å². The second-order valence-electron chi connectivity index (χ2n) is 10.4. The summed E-state index contributed by atoms with van der Waals surface area (Å²) in [6, 6.07) is 25.7. The number of piperidine rings is 1. The number of ketones is 1. The number of hydrogen-bond donors (Lipinski definition) is 0. The summed E-state index contributed by atoms with van der Waals surface area (Å²) in [6.07, 6.45) is 7.20. The van der Waals surface area contributed by atoms with Crippen molar-refractivity contribution in [2.45, 2.75) is 39.0 Å². The maximum absolute atomic E-state index is 13.4. The number of fused-ring (bicyclic) bond motifs is 1. The average molecular weight is 533 g/mol. The highest BCUT2D eigenvalue weighted by atomic mass is 16.6. The van der Waals surface area contributed by atoms with Crippen LogP contribution in [0.25, 0.3) is 10.8 Å². The van der Waals surface area contributed by atoms with E-state index in [2.05, 4.69) is 9.55 Å². The molecule has 3 heterocycles. The Labute approximate surface area is 233 Å². The Morgan fingerprint density at radius 2 is 1.68 bits per heavy atom. The highest BCUT2D eigenvalue weighted by Crippen LogP contribution is 2.27. The summed E-state index contributed by atoms with van der Waals surface area (Å²) in [7, 11) is 0. The predicted molar refractivity (Wildman–Crippen MR) is 154 cm³/mol. The van der Waals surface area contributed by atoms with Crippen LogP contribution in [-0.2, 0) is 17.9 Å². The molecule has 1 aliphatic rings. The van der Waals surface area contributed by atoms with Crippen molar-refractivity contribution in [2.24, 2.45) is 0 Å². The Balaban J connectivity index is 1.11. The molecular weight excluding hydrogens is 500 g/mol. The zero-order valence-electron chi connectivity index (χ0n) is 22.6. The summed E-state index contributed by atoms with van der Waals surface area (Å²) in [5, 5.41) is 2.02. The lowest BCUT2D eigenvalue weighted by Crippen LogP contribution is -2.39. The first kappa shape index (κ1) is 25.6. The molecule has 202 valence electrons. The summed E-state index contributed by atoms with van der Waals surface area (Å²) >= 11 is 0. The van der Waals surface area contributed by atoms with E-state index >= 15 is 0 Å². The van der Waals surface area contributed by atoms with Gasteiger partial charge in [0.2, 0.25) is 0 Å². The molecule has 3 aromatic carbocycles. The Bertz CT molecular complexity index is 1640. The molecule has 0 unspecified atom stereocenters. The van der Waals surface area contributed by atoms with Gasteiger partial charge in [0.05, 0.1) is 18.4 Å². The second kappa shape index (κ2) is 11.2. The van der Waals surface area contributed by atoms with Crippen LogP contribution in [0.15, 0.2) is 97.5 Å². The second-order valence-corrected chi connectivity index (χ2v) is 10.4. The van der Waals surface area contributed by atoms with Crippen LogP contribution in [0.5, 0.6) is 0 Å². The first-order valence-electron chi connectivity index (χ1n) is 13.7. The van der Waals surface area contributed by atoms with Crippen molar-refractivity contribution in [1.29, 1.82) is 0 Å². The third-order valence-corrected chi connectivity index (χ3v) is 7.74. The van der Waals surface area contributed by atoms with Gasteiger partial charge in [-0.05, 0) is 42.2 Å². The van der Waals surface area contributed by atoms with Crippen molar-refractivity contribution >= 4 is 22.6 Å². The minimum Gasteiger partial charge on any atom is -0.445 e. The monoisotopic (exact) mass is 532 g/mol. The molecule has 1 saturated heterocycles. The highest BCUT2D eigenvalue weighted by molar-refractivity contribution is 6.16. The molecule has 0 saturated carbocycles.